The van der Waals surface area contributed by atoms with Crippen LogP contribution in [-0.2, 0) is 13.1 Å². The molecule has 0 aliphatic heterocycles. The van der Waals surface area contributed by atoms with Gasteiger partial charge in [0.15, 0.2) is 5.82 Å². The second-order valence-corrected chi connectivity index (χ2v) is 10.0. The van der Waals surface area contributed by atoms with Crippen molar-refractivity contribution in [2.24, 2.45) is 0 Å². The molecule has 4 aromatic rings. The molecule has 2 aromatic carbocycles. The van der Waals surface area contributed by atoms with E-state index in [0.29, 0.717) is 31.3 Å². The summed E-state index contributed by atoms with van der Waals surface area (Å²) in [6.07, 6.45) is 5.48. The number of ether oxygens (including phenoxy) is 1. The van der Waals surface area contributed by atoms with Crippen LogP contribution in [-0.4, -0.2) is 36.7 Å². The highest BCUT2D eigenvalue weighted by Crippen LogP contribution is 2.33. The fourth-order valence-corrected chi connectivity index (χ4v) is 5.46. The number of benzene rings is 2. The normalized spacial score (nSPS) is 15.0. The van der Waals surface area contributed by atoms with E-state index in [0.717, 1.165) is 41.7 Å². The lowest BCUT2D eigenvalue weighted by molar-refractivity contribution is 0.158. The van der Waals surface area contributed by atoms with Crippen LogP contribution >= 0.6 is 0 Å². The largest absolute Gasteiger partial charge is 0.494 e. The number of rotatable bonds is 10. The fraction of sp³-hybridized carbons (Fsp3) is 0.448. The number of tetrazole rings is 1. The Morgan fingerprint density at radius 1 is 1.08 bits per heavy atom. The molecule has 0 bridgehead atoms. The monoisotopic (exact) mass is 500 g/mol. The quantitative estimate of drug-likeness (QED) is 0.310. The fourth-order valence-electron chi connectivity index (χ4n) is 5.46. The zero-order valence-corrected chi connectivity index (χ0v) is 22.0. The molecule has 8 heteroatoms. The molecule has 0 spiro atoms. The van der Waals surface area contributed by atoms with E-state index in [-0.39, 0.29) is 11.6 Å². The van der Waals surface area contributed by atoms with E-state index < -0.39 is 0 Å². The van der Waals surface area contributed by atoms with Gasteiger partial charge >= 0.3 is 0 Å². The Bertz CT molecular complexity index is 1390. The first-order valence-electron chi connectivity index (χ1n) is 13.4. The molecule has 0 radical (unpaired) electrons. The van der Waals surface area contributed by atoms with Crippen molar-refractivity contribution >= 4 is 10.9 Å². The SMILES string of the molecule is CCOc1ccc2[nH]c(=O)c(CN(Cc3ccc(C)cc3)C(CC)c3nnnn3C3CCCC3)cc2c1. The maximum absolute atomic E-state index is 13.2. The Morgan fingerprint density at radius 3 is 2.59 bits per heavy atom. The maximum Gasteiger partial charge on any atom is 0.252 e. The molecular formula is C29H36N6O2. The third kappa shape index (κ3) is 5.59. The van der Waals surface area contributed by atoms with Gasteiger partial charge in [-0.3, -0.25) is 9.69 Å². The van der Waals surface area contributed by atoms with Gasteiger partial charge in [0, 0.05) is 29.6 Å². The molecule has 1 saturated carbocycles. The number of nitrogens with zero attached hydrogens (tertiary/aromatic N) is 5. The summed E-state index contributed by atoms with van der Waals surface area (Å²) in [6, 6.07) is 16.7. The molecule has 8 nitrogen and oxygen atoms in total. The van der Waals surface area contributed by atoms with Crippen molar-refractivity contribution in [1.82, 2.24) is 30.1 Å². The van der Waals surface area contributed by atoms with Gasteiger partial charge in [0.05, 0.1) is 18.7 Å². The third-order valence-electron chi connectivity index (χ3n) is 7.40. The predicted molar refractivity (Wildman–Crippen MR) is 145 cm³/mol. The number of aryl methyl sites for hydroxylation is 1. The van der Waals surface area contributed by atoms with E-state index in [1.807, 2.05) is 35.9 Å². The summed E-state index contributed by atoms with van der Waals surface area (Å²) in [5.74, 6) is 1.68. The van der Waals surface area contributed by atoms with Crippen LogP contribution in [0.25, 0.3) is 10.9 Å². The highest BCUT2D eigenvalue weighted by Gasteiger charge is 2.29. The van der Waals surface area contributed by atoms with E-state index in [2.05, 4.69) is 63.5 Å². The summed E-state index contributed by atoms with van der Waals surface area (Å²) in [5, 5.41) is 14.0. The van der Waals surface area contributed by atoms with Gasteiger partial charge in [0.25, 0.3) is 5.56 Å². The minimum atomic E-state index is -0.0733. The van der Waals surface area contributed by atoms with Crippen molar-refractivity contribution in [3.05, 3.63) is 81.4 Å². The zero-order chi connectivity index (χ0) is 25.8. The smallest absolute Gasteiger partial charge is 0.252 e. The van der Waals surface area contributed by atoms with Crippen LogP contribution in [0.1, 0.15) is 80.6 Å². The number of aromatic nitrogens is 5. The van der Waals surface area contributed by atoms with Gasteiger partial charge in [0.2, 0.25) is 0 Å². The third-order valence-corrected chi connectivity index (χ3v) is 7.40. The van der Waals surface area contributed by atoms with E-state index in [4.69, 9.17) is 4.74 Å². The average Bonchev–Trinajstić information content (AvgIpc) is 3.59. The van der Waals surface area contributed by atoms with Gasteiger partial charge in [-0.15, -0.1) is 5.10 Å². The standard InChI is InChI=1S/C29H36N6O2/c1-4-27(28-31-32-33-35(28)24-8-6-7-9-24)34(18-21-12-10-20(3)11-13-21)19-23-16-22-17-25(37-5-2)14-15-26(22)30-29(23)36/h10-17,24,27H,4-9,18-19H2,1-3H3,(H,30,36). The molecule has 1 fully saturated rings. The molecule has 1 aliphatic rings. The van der Waals surface area contributed by atoms with E-state index >= 15 is 0 Å². The summed E-state index contributed by atoms with van der Waals surface area (Å²) < 4.78 is 7.74. The number of hydrogen-bond acceptors (Lipinski definition) is 6. The second-order valence-electron chi connectivity index (χ2n) is 10.0. The summed E-state index contributed by atoms with van der Waals surface area (Å²) >= 11 is 0. The molecule has 1 atom stereocenters. The highest BCUT2D eigenvalue weighted by molar-refractivity contribution is 5.80. The van der Waals surface area contributed by atoms with Crippen LogP contribution in [0, 0.1) is 6.92 Å². The molecule has 1 unspecified atom stereocenters. The molecule has 5 rings (SSSR count). The van der Waals surface area contributed by atoms with E-state index in [9.17, 15) is 4.79 Å². The number of nitrogens with one attached hydrogen (secondary N) is 1. The Balaban J connectivity index is 1.52. The van der Waals surface area contributed by atoms with Crippen LogP contribution < -0.4 is 10.3 Å². The molecule has 1 N–H and O–H groups in total. The van der Waals surface area contributed by atoms with Gasteiger partial charge < -0.3 is 9.72 Å². The zero-order valence-electron chi connectivity index (χ0n) is 22.0. The van der Waals surface area contributed by atoms with Gasteiger partial charge in [-0.25, -0.2) is 4.68 Å². The molecule has 2 heterocycles. The molecule has 2 aromatic heterocycles. The Kier molecular flexibility index (Phi) is 7.65. The topological polar surface area (TPSA) is 88.9 Å². The predicted octanol–water partition coefficient (Wildman–Crippen LogP) is 5.49. The number of fused-ring (bicyclic) bond motifs is 1. The average molecular weight is 501 g/mol. The second kappa shape index (κ2) is 11.3. The number of pyridine rings is 1. The van der Waals surface area contributed by atoms with Crippen molar-refractivity contribution in [1.29, 1.82) is 0 Å². The first-order chi connectivity index (χ1) is 18.1. The lowest BCUT2D eigenvalue weighted by atomic mass is 10.1. The Morgan fingerprint density at radius 2 is 1.86 bits per heavy atom. The lowest BCUT2D eigenvalue weighted by Gasteiger charge is -2.31. The van der Waals surface area contributed by atoms with Crippen LogP contribution in [0.5, 0.6) is 5.75 Å². The highest BCUT2D eigenvalue weighted by atomic mass is 16.5. The molecule has 0 saturated heterocycles. The van der Waals surface area contributed by atoms with Gasteiger partial charge in [-0.05, 0) is 73.4 Å². The summed E-state index contributed by atoms with van der Waals surface area (Å²) in [4.78, 5) is 18.6. The van der Waals surface area contributed by atoms with Gasteiger partial charge in [-0.2, -0.15) is 0 Å². The van der Waals surface area contributed by atoms with Crippen molar-refractivity contribution in [3.63, 3.8) is 0 Å². The van der Waals surface area contributed by atoms with Crippen LogP contribution in [0.3, 0.4) is 0 Å². The first kappa shape index (κ1) is 25.1. The van der Waals surface area contributed by atoms with Crippen LogP contribution in [0.15, 0.2) is 53.3 Å². The summed E-state index contributed by atoms with van der Waals surface area (Å²) in [6.45, 7) is 7.99. The molecule has 1 aliphatic carbocycles. The number of hydrogen-bond donors (Lipinski definition) is 1. The molecule has 0 amide bonds. The summed E-state index contributed by atoms with van der Waals surface area (Å²) in [7, 11) is 0. The van der Waals surface area contributed by atoms with Crippen molar-refractivity contribution < 1.29 is 4.74 Å². The van der Waals surface area contributed by atoms with Crippen molar-refractivity contribution in [3.8, 4) is 5.75 Å². The van der Waals surface area contributed by atoms with Gasteiger partial charge in [-0.1, -0.05) is 49.6 Å². The number of aromatic amines is 1. The Hall–Kier alpha value is -3.52. The maximum atomic E-state index is 13.2. The first-order valence-corrected chi connectivity index (χ1v) is 13.4. The molecule has 194 valence electrons. The Labute approximate surface area is 217 Å². The minimum Gasteiger partial charge on any atom is -0.494 e. The minimum absolute atomic E-state index is 0.0261. The van der Waals surface area contributed by atoms with Crippen molar-refractivity contribution in [2.75, 3.05) is 6.61 Å². The van der Waals surface area contributed by atoms with E-state index in [1.54, 1.807) is 0 Å². The summed E-state index contributed by atoms with van der Waals surface area (Å²) in [5.41, 5.74) is 3.87. The van der Waals surface area contributed by atoms with E-state index in [1.165, 1.54) is 24.0 Å². The molecule has 37 heavy (non-hydrogen) atoms. The van der Waals surface area contributed by atoms with Crippen LogP contribution in [0.4, 0.5) is 0 Å². The van der Waals surface area contributed by atoms with Crippen LogP contribution in [0.2, 0.25) is 0 Å². The van der Waals surface area contributed by atoms with Crippen molar-refractivity contribution in [2.45, 2.75) is 78.0 Å². The molecular weight excluding hydrogens is 464 g/mol. The van der Waals surface area contributed by atoms with Gasteiger partial charge in [0.1, 0.15) is 5.75 Å². The lowest BCUT2D eigenvalue weighted by Crippen LogP contribution is -2.32. The number of H-pyrrole nitrogens is 1.